The number of nitrogens with two attached hydrogens (primary N) is 1. The Morgan fingerprint density at radius 2 is 2.42 bits per heavy atom. The molecule has 66 valence electrons. The normalized spacial score (nSPS) is 19.5. The van der Waals surface area contributed by atoms with Gasteiger partial charge in [0.25, 0.3) is 0 Å². The van der Waals surface area contributed by atoms with Gasteiger partial charge in [0.15, 0.2) is 0 Å². The van der Waals surface area contributed by atoms with Crippen LogP contribution in [0.3, 0.4) is 0 Å². The highest BCUT2D eigenvalue weighted by Gasteiger charge is 2.41. The molecule has 0 amide bonds. The van der Waals surface area contributed by atoms with Gasteiger partial charge in [-0.3, -0.25) is 4.68 Å². The van der Waals surface area contributed by atoms with E-state index in [0.29, 0.717) is 5.41 Å². The molecule has 4 heteroatoms. The molecule has 4 nitrogen and oxygen atoms in total. The van der Waals surface area contributed by atoms with Gasteiger partial charge in [-0.15, -0.1) is 5.10 Å². The quantitative estimate of drug-likeness (QED) is 0.692. The Labute approximate surface area is 71.8 Å². The van der Waals surface area contributed by atoms with Crippen LogP contribution in [0.2, 0.25) is 0 Å². The highest BCUT2D eigenvalue weighted by molar-refractivity contribution is 5.05. The molecule has 1 heterocycles. The third kappa shape index (κ3) is 1.34. The summed E-state index contributed by atoms with van der Waals surface area (Å²) in [5.41, 5.74) is 7.11. The van der Waals surface area contributed by atoms with Crippen molar-refractivity contribution in [2.75, 3.05) is 6.54 Å². The van der Waals surface area contributed by atoms with E-state index in [1.165, 1.54) is 12.8 Å². The van der Waals surface area contributed by atoms with Gasteiger partial charge in [0.05, 0.1) is 5.69 Å². The molecule has 1 aromatic rings. The molecule has 2 N–H and O–H groups in total. The van der Waals surface area contributed by atoms with E-state index in [1.807, 2.05) is 13.2 Å². The molecule has 0 saturated heterocycles. The Bertz CT molecular complexity index is 274. The standard InChI is InChI=1S/C8H14N4/c1-12-5-7(10-11-12)4-8(6-9)2-3-8/h5H,2-4,6,9H2,1H3. The molecule has 0 aliphatic heterocycles. The van der Waals surface area contributed by atoms with Crippen LogP contribution in [0.5, 0.6) is 0 Å². The van der Waals surface area contributed by atoms with E-state index in [0.717, 1.165) is 18.7 Å². The Morgan fingerprint density at radius 1 is 1.67 bits per heavy atom. The number of aromatic nitrogens is 3. The molecule has 0 spiro atoms. The van der Waals surface area contributed by atoms with Crippen LogP contribution >= 0.6 is 0 Å². The van der Waals surface area contributed by atoms with Gasteiger partial charge in [0.1, 0.15) is 0 Å². The van der Waals surface area contributed by atoms with Crippen LogP contribution < -0.4 is 5.73 Å². The summed E-state index contributed by atoms with van der Waals surface area (Å²) in [5, 5.41) is 7.94. The number of nitrogens with zero attached hydrogens (tertiary/aromatic N) is 3. The van der Waals surface area contributed by atoms with Gasteiger partial charge < -0.3 is 5.73 Å². The smallest absolute Gasteiger partial charge is 0.0833 e. The number of hydrogen-bond donors (Lipinski definition) is 1. The van der Waals surface area contributed by atoms with Gasteiger partial charge in [0, 0.05) is 13.2 Å². The molecule has 1 aliphatic rings. The fourth-order valence-electron chi connectivity index (χ4n) is 1.49. The summed E-state index contributed by atoms with van der Waals surface area (Å²) in [6.07, 6.45) is 5.47. The largest absolute Gasteiger partial charge is 0.330 e. The van der Waals surface area contributed by atoms with Crippen LogP contribution in [-0.4, -0.2) is 21.5 Å². The fourth-order valence-corrected chi connectivity index (χ4v) is 1.49. The van der Waals surface area contributed by atoms with E-state index < -0.39 is 0 Å². The summed E-state index contributed by atoms with van der Waals surface area (Å²) in [6, 6.07) is 0. The van der Waals surface area contributed by atoms with Crippen molar-refractivity contribution in [3.05, 3.63) is 11.9 Å². The summed E-state index contributed by atoms with van der Waals surface area (Å²) >= 11 is 0. The Balaban J connectivity index is 2.04. The summed E-state index contributed by atoms with van der Waals surface area (Å²) in [5.74, 6) is 0. The van der Waals surface area contributed by atoms with Crippen molar-refractivity contribution >= 4 is 0 Å². The lowest BCUT2D eigenvalue weighted by Gasteiger charge is -2.07. The second-order valence-corrected chi connectivity index (χ2v) is 3.76. The van der Waals surface area contributed by atoms with Crippen LogP contribution in [0.25, 0.3) is 0 Å². The lowest BCUT2D eigenvalue weighted by atomic mass is 10.0. The summed E-state index contributed by atoms with van der Waals surface area (Å²) in [4.78, 5) is 0. The Kier molecular flexibility index (Phi) is 1.65. The van der Waals surface area contributed by atoms with Crippen molar-refractivity contribution in [2.24, 2.45) is 18.2 Å². The first-order valence-corrected chi connectivity index (χ1v) is 4.29. The molecule has 12 heavy (non-hydrogen) atoms. The zero-order valence-electron chi connectivity index (χ0n) is 7.32. The first-order chi connectivity index (χ1) is 5.74. The van der Waals surface area contributed by atoms with E-state index in [4.69, 9.17) is 5.73 Å². The molecule has 0 radical (unpaired) electrons. The molecule has 1 fully saturated rings. The van der Waals surface area contributed by atoms with Gasteiger partial charge in [-0.2, -0.15) is 0 Å². The van der Waals surface area contributed by atoms with E-state index in [9.17, 15) is 0 Å². The first kappa shape index (κ1) is 7.73. The monoisotopic (exact) mass is 166 g/mol. The molecule has 0 bridgehead atoms. The SMILES string of the molecule is Cn1cc(CC2(CN)CC2)nn1. The minimum absolute atomic E-state index is 0.371. The van der Waals surface area contributed by atoms with Crippen molar-refractivity contribution in [2.45, 2.75) is 19.3 Å². The van der Waals surface area contributed by atoms with Crippen molar-refractivity contribution < 1.29 is 0 Å². The Hall–Kier alpha value is -0.900. The maximum absolute atomic E-state index is 5.67. The minimum atomic E-state index is 0.371. The van der Waals surface area contributed by atoms with Crippen LogP contribution in [0, 0.1) is 5.41 Å². The number of hydrogen-bond acceptors (Lipinski definition) is 3. The average molecular weight is 166 g/mol. The van der Waals surface area contributed by atoms with Crippen LogP contribution in [-0.2, 0) is 13.5 Å². The van der Waals surface area contributed by atoms with Crippen LogP contribution in [0.1, 0.15) is 18.5 Å². The third-order valence-electron chi connectivity index (χ3n) is 2.60. The molecule has 2 rings (SSSR count). The van der Waals surface area contributed by atoms with Gasteiger partial charge in [-0.05, 0) is 31.2 Å². The number of aryl methyl sites for hydroxylation is 1. The third-order valence-corrected chi connectivity index (χ3v) is 2.60. The first-order valence-electron chi connectivity index (χ1n) is 4.29. The highest BCUT2D eigenvalue weighted by Crippen LogP contribution is 2.46. The maximum Gasteiger partial charge on any atom is 0.0833 e. The molecule has 0 aromatic carbocycles. The van der Waals surface area contributed by atoms with Crippen molar-refractivity contribution in [3.63, 3.8) is 0 Å². The molecule has 1 aromatic heterocycles. The van der Waals surface area contributed by atoms with Gasteiger partial charge in [0.2, 0.25) is 0 Å². The second kappa shape index (κ2) is 2.55. The van der Waals surface area contributed by atoms with E-state index in [-0.39, 0.29) is 0 Å². The summed E-state index contributed by atoms with van der Waals surface area (Å²) < 4.78 is 1.74. The van der Waals surface area contributed by atoms with Gasteiger partial charge >= 0.3 is 0 Å². The van der Waals surface area contributed by atoms with Gasteiger partial charge in [-0.1, -0.05) is 5.21 Å². The molecule has 1 aliphatic carbocycles. The summed E-state index contributed by atoms with van der Waals surface area (Å²) in [6.45, 7) is 0.781. The molecule has 0 unspecified atom stereocenters. The second-order valence-electron chi connectivity index (χ2n) is 3.76. The zero-order valence-corrected chi connectivity index (χ0v) is 7.32. The minimum Gasteiger partial charge on any atom is -0.330 e. The molecular weight excluding hydrogens is 152 g/mol. The lowest BCUT2D eigenvalue weighted by molar-refractivity contribution is 0.513. The predicted octanol–water partition coefficient (Wildman–Crippen LogP) is 0.0965. The lowest BCUT2D eigenvalue weighted by Crippen LogP contribution is -2.18. The molecular formula is C8H14N4. The topological polar surface area (TPSA) is 56.7 Å². The average Bonchev–Trinajstić information content (AvgIpc) is 2.71. The van der Waals surface area contributed by atoms with Gasteiger partial charge in [-0.25, -0.2) is 0 Å². The molecule has 1 saturated carbocycles. The highest BCUT2D eigenvalue weighted by atomic mass is 15.4. The molecule has 0 atom stereocenters. The summed E-state index contributed by atoms with van der Waals surface area (Å²) in [7, 11) is 1.89. The fraction of sp³-hybridized carbons (Fsp3) is 0.750. The van der Waals surface area contributed by atoms with Crippen molar-refractivity contribution in [1.29, 1.82) is 0 Å². The van der Waals surface area contributed by atoms with Crippen LogP contribution in [0.15, 0.2) is 6.20 Å². The zero-order chi connectivity index (χ0) is 8.60. The van der Waals surface area contributed by atoms with E-state index in [2.05, 4.69) is 10.3 Å². The Morgan fingerprint density at radius 3 is 2.83 bits per heavy atom. The van der Waals surface area contributed by atoms with E-state index in [1.54, 1.807) is 4.68 Å². The maximum atomic E-state index is 5.67. The number of rotatable bonds is 3. The van der Waals surface area contributed by atoms with E-state index >= 15 is 0 Å². The van der Waals surface area contributed by atoms with Crippen LogP contribution in [0.4, 0.5) is 0 Å². The predicted molar refractivity (Wildman–Crippen MR) is 45.4 cm³/mol. The van der Waals surface area contributed by atoms with Crippen molar-refractivity contribution in [1.82, 2.24) is 15.0 Å². The van der Waals surface area contributed by atoms with Crippen molar-refractivity contribution in [3.8, 4) is 0 Å².